The molecule has 2 N–H and O–H groups in total. The topological polar surface area (TPSA) is 146 Å². The van der Waals surface area contributed by atoms with Crippen LogP contribution >= 0.6 is 34.2 Å². The first-order chi connectivity index (χ1) is 18.8. The van der Waals surface area contributed by atoms with Crippen molar-refractivity contribution < 1.29 is 29.0 Å². The van der Waals surface area contributed by atoms with Gasteiger partial charge < -0.3 is 19.9 Å². The highest BCUT2D eigenvalue weighted by Gasteiger charge is 2.53. The zero-order valence-corrected chi connectivity index (χ0v) is 23.2. The summed E-state index contributed by atoms with van der Waals surface area (Å²) in [6.07, 6.45) is -2.09. The fourth-order valence-electron chi connectivity index (χ4n) is 4.64. The SMILES string of the molecule is CCNC(=O)[C@H]1O[C@@H](n2cnc3c(Cl)nc(I)nc32)[C@H](c2ccccc2C(=O)O)[C@@H]1OC(=O)c1ccccc1. The van der Waals surface area contributed by atoms with Crippen LogP contribution in [0.15, 0.2) is 60.9 Å². The zero-order valence-electron chi connectivity index (χ0n) is 20.3. The number of carbonyl (C=O) groups excluding carboxylic acids is 2. The average Bonchev–Trinajstić information content (AvgIpc) is 3.51. The summed E-state index contributed by atoms with van der Waals surface area (Å²) in [5.74, 6) is -3.33. The molecule has 0 radical (unpaired) electrons. The molecule has 4 atom stereocenters. The van der Waals surface area contributed by atoms with Crippen LogP contribution < -0.4 is 5.32 Å². The van der Waals surface area contributed by atoms with E-state index >= 15 is 0 Å². The van der Waals surface area contributed by atoms with Gasteiger partial charge in [0.2, 0.25) is 0 Å². The number of nitrogens with one attached hydrogen (secondary N) is 1. The number of fused-ring (bicyclic) bond motifs is 1. The number of nitrogens with zero attached hydrogens (tertiary/aromatic N) is 4. The van der Waals surface area contributed by atoms with E-state index in [0.29, 0.717) is 27.1 Å². The van der Waals surface area contributed by atoms with E-state index in [-0.39, 0.29) is 16.3 Å². The molecule has 3 heterocycles. The Hall–Kier alpha value is -3.62. The Bertz CT molecular complexity index is 1570. The summed E-state index contributed by atoms with van der Waals surface area (Å²) in [6.45, 7) is 2.05. The van der Waals surface area contributed by atoms with Crippen LogP contribution in [-0.4, -0.2) is 61.2 Å². The van der Waals surface area contributed by atoms with Crippen LogP contribution in [0.3, 0.4) is 0 Å². The fourth-order valence-corrected chi connectivity index (χ4v) is 5.47. The van der Waals surface area contributed by atoms with Gasteiger partial charge in [-0.2, -0.15) is 0 Å². The molecule has 11 nitrogen and oxygen atoms in total. The van der Waals surface area contributed by atoms with Gasteiger partial charge in [0, 0.05) is 29.1 Å². The minimum absolute atomic E-state index is 0.0277. The predicted octanol–water partition coefficient (Wildman–Crippen LogP) is 3.83. The molecule has 2 aromatic carbocycles. The van der Waals surface area contributed by atoms with Crippen LogP contribution in [0.2, 0.25) is 5.15 Å². The largest absolute Gasteiger partial charge is 0.478 e. The first kappa shape index (κ1) is 27.0. The number of ether oxygens (including phenoxy) is 2. The molecule has 200 valence electrons. The van der Waals surface area contributed by atoms with Crippen molar-refractivity contribution in [3.05, 3.63) is 86.6 Å². The molecule has 0 aliphatic carbocycles. The quantitative estimate of drug-likeness (QED) is 0.131. The molecule has 1 saturated heterocycles. The van der Waals surface area contributed by atoms with Crippen molar-refractivity contribution in [2.75, 3.05) is 6.54 Å². The molecule has 13 heteroatoms. The molecule has 0 spiro atoms. The number of hydrogen-bond donors (Lipinski definition) is 2. The molecule has 1 aliphatic rings. The van der Waals surface area contributed by atoms with Gasteiger partial charge in [0.15, 0.2) is 20.7 Å². The van der Waals surface area contributed by atoms with E-state index in [9.17, 15) is 19.5 Å². The Morgan fingerprint density at radius 2 is 1.85 bits per heavy atom. The smallest absolute Gasteiger partial charge is 0.338 e. The maximum Gasteiger partial charge on any atom is 0.338 e. The number of rotatable bonds is 7. The monoisotopic (exact) mass is 661 g/mol. The van der Waals surface area contributed by atoms with Gasteiger partial charge in [0.05, 0.1) is 23.4 Å². The number of halogens is 2. The minimum Gasteiger partial charge on any atom is -0.478 e. The van der Waals surface area contributed by atoms with Crippen molar-refractivity contribution in [1.82, 2.24) is 24.8 Å². The van der Waals surface area contributed by atoms with Crippen molar-refractivity contribution in [1.29, 1.82) is 0 Å². The van der Waals surface area contributed by atoms with Crippen LogP contribution in [0, 0.1) is 3.83 Å². The van der Waals surface area contributed by atoms with Crippen molar-refractivity contribution >= 4 is 63.2 Å². The van der Waals surface area contributed by atoms with Crippen molar-refractivity contribution in [3.63, 3.8) is 0 Å². The number of esters is 1. The van der Waals surface area contributed by atoms with Gasteiger partial charge in [-0.05, 0) is 30.7 Å². The Labute approximate surface area is 240 Å². The Morgan fingerprint density at radius 3 is 2.56 bits per heavy atom. The molecule has 1 fully saturated rings. The van der Waals surface area contributed by atoms with E-state index < -0.39 is 42.2 Å². The molecule has 1 aliphatic heterocycles. The van der Waals surface area contributed by atoms with Crippen LogP contribution in [-0.2, 0) is 14.3 Å². The Morgan fingerprint density at radius 1 is 1.13 bits per heavy atom. The highest BCUT2D eigenvalue weighted by Crippen LogP contribution is 2.46. The van der Waals surface area contributed by atoms with E-state index in [1.54, 1.807) is 60.0 Å². The molecular weight excluding hydrogens is 641 g/mol. The lowest BCUT2D eigenvalue weighted by Crippen LogP contribution is -2.43. The number of imidazole rings is 1. The number of carbonyl (C=O) groups is 3. The Balaban J connectivity index is 1.70. The summed E-state index contributed by atoms with van der Waals surface area (Å²) in [5, 5.41) is 12.8. The molecule has 2 aromatic heterocycles. The zero-order chi connectivity index (χ0) is 27.7. The molecule has 4 aromatic rings. The van der Waals surface area contributed by atoms with Crippen LogP contribution in [0.25, 0.3) is 11.2 Å². The maximum atomic E-state index is 13.2. The third kappa shape index (κ3) is 5.18. The first-order valence-electron chi connectivity index (χ1n) is 11.9. The summed E-state index contributed by atoms with van der Waals surface area (Å²) in [7, 11) is 0. The van der Waals surface area contributed by atoms with Gasteiger partial charge in [0.25, 0.3) is 5.91 Å². The molecular formula is C26H21ClIN5O6. The summed E-state index contributed by atoms with van der Waals surface area (Å²) in [5.41, 5.74) is 1.16. The van der Waals surface area contributed by atoms with Gasteiger partial charge in [0.1, 0.15) is 17.8 Å². The van der Waals surface area contributed by atoms with Gasteiger partial charge in [-0.1, -0.05) is 48.0 Å². The van der Waals surface area contributed by atoms with Crippen molar-refractivity contribution in [3.8, 4) is 0 Å². The van der Waals surface area contributed by atoms with Crippen molar-refractivity contribution in [2.24, 2.45) is 0 Å². The first-order valence-corrected chi connectivity index (χ1v) is 13.3. The van der Waals surface area contributed by atoms with Gasteiger partial charge in [-0.15, -0.1) is 0 Å². The number of hydrogen-bond acceptors (Lipinski definition) is 8. The van der Waals surface area contributed by atoms with Crippen LogP contribution in [0.1, 0.15) is 45.3 Å². The van der Waals surface area contributed by atoms with Gasteiger partial charge in [-0.3, -0.25) is 9.36 Å². The second-order valence-electron chi connectivity index (χ2n) is 8.60. The molecule has 5 rings (SSSR count). The van der Waals surface area contributed by atoms with E-state index in [0.717, 1.165) is 0 Å². The van der Waals surface area contributed by atoms with E-state index in [4.69, 9.17) is 21.1 Å². The predicted molar refractivity (Wildman–Crippen MR) is 147 cm³/mol. The lowest BCUT2D eigenvalue weighted by Gasteiger charge is -2.26. The second kappa shape index (κ2) is 11.2. The number of aromatic nitrogens is 4. The number of likely N-dealkylation sites (N-methyl/N-ethyl adjacent to an activating group) is 1. The summed E-state index contributed by atoms with van der Waals surface area (Å²) in [4.78, 5) is 51.6. The number of carboxylic acid groups (broad SMARTS) is 1. The highest BCUT2D eigenvalue weighted by molar-refractivity contribution is 14.1. The lowest BCUT2D eigenvalue weighted by molar-refractivity contribution is -0.137. The lowest BCUT2D eigenvalue weighted by atomic mass is 9.87. The van der Waals surface area contributed by atoms with Gasteiger partial charge >= 0.3 is 11.9 Å². The molecule has 0 bridgehead atoms. The summed E-state index contributed by atoms with van der Waals surface area (Å²) < 4.78 is 14.1. The van der Waals surface area contributed by atoms with E-state index in [2.05, 4.69) is 20.3 Å². The third-order valence-electron chi connectivity index (χ3n) is 6.28. The molecule has 0 unspecified atom stereocenters. The average molecular weight is 662 g/mol. The van der Waals surface area contributed by atoms with E-state index in [1.807, 2.05) is 22.6 Å². The standard InChI is InChI=1S/C26H21ClIN5O6/c1-2-29-22(34)19-18(39-25(37)13-8-4-3-5-9-13)16(14-10-6-7-11-15(14)24(35)36)23(38-19)33-12-30-17-20(27)31-26(28)32-21(17)33/h3-12,16,18-19,23H,2H2,1H3,(H,29,34)(H,35,36)/t16-,18+,19+,23-/m1/s1. The van der Waals surface area contributed by atoms with E-state index in [1.165, 1.54) is 12.4 Å². The highest BCUT2D eigenvalue weighted by atomic mass is 127. The fraction of sp³-hybridized carbons (Fsp3) is 0.231. The van der Waals surface area contributed by atoms with Crippen LogP contribution in [0.5, 0.6) is 0 Å². The number of amides is 1. The number of benzene rings is 2. The third-order valence-corrected chi connectivity index (χ3v) is 7.03. The summed E-state index contributed by atoms with van der Waals surface area (Å²) in [6, 6.07) is 14.6. The van der Waals surface area contributed by atoms with Gasteiger partial charge in [-0.25, -0.2) is 24.5 Å². The number of aromatic carboxylic acids is 1. The molecule has 1 amide bonds. The second-order valence-corrected chi connectivity index (χ2v) is 9.93. The van der Waals surface area contributed by atoms with Crippen LogP contribution in [0.4, 0.5) is 0 Å². The summed E-state index contributed by atoms with van der Waals surface area (Å²) >= 11 is 8.22. The maximum absolute atomic E-state index is 13.2. The number of carboxylic acids is 1. The molecule has 39 heavy (non-hydrogen) atoms. The minimum atomic E-state index is -1.27. The normalized spacial score (nSPS) is 20.6. The Kier molecular flexibility index (Phi) is 7.77. The molecule has 0 saturated carbocycles. The van der Waals surface area contributed by atoms with Crippen molar-refractivity contribution in [2.45, 2.75) is 31.3 Å².